The summed E-state index contributed by atoms with van der Waals surface area (Å²) in [6.45, 7) is 1.61. The molecule has 0 spiro atoms. The SMILES string of the molecule is CC(NC(=O)C(N)C(C)O)C(=O)NC(CO)C(=O)NC(CC(=O)O)C(=O)O. The molecule has 0 fully saturated rings. The van der Waals surface area contributed by atoms with Crippen molar-refractivity contribution in [3.8, 4) is 0 Å². The van der Waals surface area contributed by atoms with Crippen LogP contribution in [0.5, 0.6) is 0 Å². The second-order valence-corrected chi connectivity index (χ2v) is 5.74. The lowest BCUT2D eigenvalue weighted by molar-refractivity contribution is -0.147. The molecule has 154 valence electrons. The van der Waals surface area contributed by atoms with Gasteiger partial charge in [-0.2, -0.15) is 0 Å². The van der Waals surface area contributed by atoms with E-state index in [9.17, 15) is 34.2 Å². The molecule has 0 aliphatic heterocycles. The van der Waals surface area contributed by atoms with Gasteiger partial charge in [-0.25, -0.2) is 4.79 Å². The van der Waals surface area contributed by atoms with E-state index in [0.717, 1.165) is 0 Å². The smallest absolute Gasteiger partial charge is 0.326 e. The van der Waals surface area contributed by atoms with Crippen LogP contribution in [0.4, 0.5) is 0 Å². The van der Waals surface area contributed by atoms with Crippen LogP contribution in [0.15, 0.2) is 0 Å². The van der Waals surface area contributed by atoms with Crippen LogP contribution in [0, 0.1) is 0 Å². The summed E-state index contributed by atoms with van der Waals surface area (Å²) in [5.74, 6) is -5.94. The lowest BCUT2D eigenvalue weighted by atomic mass is 10.1. The summed E-state index contributed by atoms with van der Waals surface area (Å²) in [5.41, 5.74) is 5.41. The number of carbonyl (C=O) groups is 5. The van der Waals surface area contributed by atoms with E-state index >= 15 is 0 Å². The van der Waals surface area contributed by atoms with E-state index in [1.165, 1.54) is 13.8 Å². The molecule has 13 heteroatoms. The van der Waals surface area contributed by atoms with E-state index in [0.29, 0.717) is 0 Å². The van der Waals surface area contributed by atoms with Crippen LogP contribution in [0.1, 0.15) is 20.3 Å². The number of hydrogen-bond donors (Lipinski definition) is 8. The van der Waals surface area contributed by atoms with Crippen molar-refractivity contribution in [2.75, 3.05) is 6.61 Å². The van der Waals surface area contributed by atoms with Crippen LogP contribution >= 0.6 is 0 Å². The summed E-state index contributed by atoms with van der Waals surface area (Å²) >= 11 is 0. The van der Waals surface area contributed by atoms with Gasteiger partial charge in [-0.3, -0.25) is 19.2 Å². The second kappa shape index (κ2) is 11.1. The van der Waals surface area contributed by atoms with Crippen LogP contribution in [-0.4, -0.2) is 87.0 Å². The molecule has 5 atom stereocenters. The van der Waals surface area contributed by atoms with Gasteiger partial charge in [0, 0.05) is 0 Å². The number of amides is 3. The zero-order chi connectivity index (χ0) is 21.3. The normalized spacial score (nSPS) is 16.2. The molecule has 27 heavy (non-hydrogen) atoms. The summed E-state index contributed by atoms with van der Waals surface area (Å²) < 4.78 is 0. The molecule has 0 aromatic heterocycles. The number of aliphatic hydroxyl groups is 2. The van der Waals surface area contributed by atoms with Gasteiger partial charge in [0.05, 0.1) is 19.1 Å². The van der Waals surface area contributed by atoms with Crippen LogP contribution in [-0.2, 0) is 24.0 Å². The summed E-state index contributed by atoms with van der Waals surface area (Å²) in [6, 6.07) is -5.83. The Balaban J connectivity index is 4.87. The Morgan fingerprint density at radius 1 is 0.889 bits per heavy atom. The van der Waals surface area contributed by atoms with E-state index in [1.54, 1.807) is 0 Å². The Bertz CT molecular complexity index is 581. The fraction of sp³-hybridized carbons (Fsp3) is 0.643. The topological polar surface area (TPSA) is 228 Å². The minimum atomic E-state index is -1.76. The van der Waals surface area contributed by atoms with Gasteiger partial charge in [0.15, 0.2) is 0 Å². The monoisotopic (exact) mass is 392 g/mol. The van der Waals surface area contributed by atoms with E-state index in [-0.39, 0.29) is 0 Å². The first kappa shape index (κ1) is 24.2. The van der Waals surface area contributed by atoms with Gasteiger partial charge in [0.2, 0.25) is 17.7 Å². The first-order chi connectivity index (χ1) is 12.4. The molecule has 0 aliphatic rings. The molecule has 0 radical (unpaired) electrons. The number of nitrogens with two attached hydrogens (primary N) is 1. The maximum absolute atomic E-state index is 12.0. The fourth-order valence-corrected chi connectivity index (χ4v) is 1.73. The zero-order valence-corrected chi connectivity index (χ0v) is 14.7. The molecule has 0 aromatic rings. The van der Waals surface area contributed by atoms with Crippen LogP contribution in [0.2, 0.25) is 0 Å². The third-order valence-corrected chi connectivity index (χ3v) is 3.38. The first-order valence-electron chi connectivity index (χ1n) is 7.80. The van der Waals surface area contributed by atoms with Crippen molar-refractivity contribution in [2.24, 2.45) is 5.73 Å². The Labute approximate surface area is 153 Å². The predicted molar refractivity (Wildman–Crippen MR) is 88.1 cm³/mol. The number of aliphatic hydroxyl groups excluding tert-OH is 2. The van der Waals surface area contributed by atoms with Gasteiger partial charge in [-0.1, -0.05) is 0 Å². The van der Waals surface area contributed by atoms with Crippen molar-refractivity contribution in [1.29, 1.82) is 0 Å². The molecule has 0 rings (SSSR count). The molecule has 13 nitrogen and oxygen atoms in total. The van der Waals surface area contributed by atoms with Gasteiger partial charge in [0.1, 0.15) is 24.2 Å². The second-order valence-electron chi connectivity index (χ2n) is 5.74. The molecule has 0 aliphatic carbocycles. The van der Waals surface area contributed by atoms with Gasteiger partial charge in [-0.05, 0) is 13.8 Å². The Kier molecular flexibility index (Phi) is 9.92. The van der Waals surface area contributed by atoms with Crippen molar-refractivity contribution < 1.29 is 44.4 Å². The number of hydrogen-bond acceptors (Lipinski definition) is 8. The molecular formula is C14H24N4O9. The zero-order valence-electron chi connectivity index (χ0n) is 14.7. The number of carboxylic acids is 2. The number of rotatable bonds is 11. The van der Waals surface area contributed by atoms with E-state index < -0.39 is 73.0 Å². The number of aliphatic carboxylic acids is 2. The molecule has 0 bridgehead atoms. The molecule has 3 amide bonds. The third-order valence-electron chi connectivity index (χ3n) is 3.38. The van der Waals surface area contributed by atoms with Gasteiger partial charge in [-0.15, -0.1) is 0 Å². The van der Waals surface area contributed by atoms with Gasteiger partial charge < -0.3 is 42.1 Å². The molecule has 0 saturated heterocycles. The van der Waals surface area contributed by atoms with Crippen molar-refractivity contribution in [3.63, 3.8) is 0 Å². The summed E-state index contributed by atoms with van der Waals surface area (Å²) in [7, 11) is 0. The Hall–Kier alpha value is -2.77. The highest BCUT2D eigenvalue weighted by molar-refractivity contribution is 5.94. The Morgan fingerprint density at radius 3 is 1.81 bits per heavy atom. The standard InChI is InChI=1S/C14H24N4O9/c1-5(16-13(25)10(15)6(2)20)11(23)18-8(4-19)12(24)17-7(14(26)27)3-9(21)22/h5-8,10,19-20H,3-4,15H2,1-2H3,(H,16,25)(H,17,24)(H,18,23)(H,21,22)(H,26,27). The van der Waals surface area contributed by atoms with E-state index in [2.05, 4.69) is 10.6 Å². The molecule has 0 saturated carbocycles. The summed E-state index contributed by atoms with van der Waals surface area (Å²) in [6.07, 6.45) is -2.07. The molecule has 9 N–H and O–H groups in total. The molecule has 0 heterocycles. The van der Waals surface area contributed by atoms with E-state index in [4.69, 9.17) is 15.9 Å². The van der Waals surface area contributed by atoms with Gasteiger partial charge in [0.25, 0.3) is 0 Å². The highest BCUT2D eigenvalue weighted by atomic mass is 16.4. The van der Waals surface area contributed by atoms with Gasteiger partial charge >= 0.3 is 11.9 Å². The van der Waals surface area contributed by atoms with Crippen LogP contribution in [0.3, 0.4) is 0 Å². The number of carboxylic acid groups (broad SMARTS) is 2. The fourth-order valence-electron chi connectivity index (χ4n) is 1.73. The largest absolute Gasteiger partial charge is 0.481 e. The lowest BCUT2D eigenvalue weighted by Gasteiger charge is -2.22. The molecular weight excluding hydrogens is 368 g/mol. The number of nitrogens with one attached hydrogen (secondary N) is 3. The van der Waals surface area contributed by atoms with Crippen molar-refractivity contribution in [3.05, 3.63) is 0 Å². The average molecular weight is 392 g/mol. The maximum atomic E-state index is 12.0. The number of carbonyl (C=O) groups excluding carboxylic acids is 3. The highest BCUT2D eigenvalue weighted by Crippen LogP contribution is 1.96. The highest BCUT2D eigenvalue weighted by Gasteiger charge is 2.29. The minimum Gasteiger partial charge on any atom is -0.481 e. The third kappa shape index (κ3) is 8.44. The summed E-state index contributed by atoms with van der Waals surface area (Å²) in [5, 5.41) is 42.1. The summed E-state index contributed by atoms with van der Waals surface area (Å²) in [4.78, 5) is 57.2. The Morgan fingerprint density at radius 2 is 1.41 bits per heavy atom. The quantitative estimate of drug-likeness (QED) is 0.169. The minimum absolute atomic E-state index is 0.829. The van der Waals surface area contributed by atoms with Crippen molar-refractivity contribution in [1.82, 2.24) is 16.0 Å². The van der Waals surface area contributed by atoms with Crippen molar-refractivity contribution in [2.45, 2.75) is 50.5 Å². The van der Waals surface area contributed by atoms with Crippen molar-refractivity contribution >= 4 is 29.7 Å². The van der Waals surface area contributed by atoms with E-state index in [1.807, 2.05) is 5.32 Å². The van der Waals surface area contributed by atoms with Crippen LogP contribution in [0.25, 0.3) is 0 Å². The molecule has 5 unspecified atom stereocenters. The van der Waals surface area contributed by atoms with Crippen LogP contribution < -0.4 is 21.7 Å². The maximum Gasteiger partial charge on any atom is 0.326 e. The predicted octanol–water partition coefficient (Wildman–Crippen LogP) is -4.28. The molecule has 0 aromatic carbocycles. The first-order valence-corrected chi connectivity index (χ1v) is 7.80. The average Bonchev–Trinajstić information content (AvgIpc) is 2.56. The lowest BCUT2D eigenvalue weighted by Crippen LogP contribution is -2.58.